The smallest absolute Gasteiger partial charge is 0.251 e. The van der Waals surface area contributed by atoms with Gasteiger partial charge in [-0.25, -0.2) is 0 Å². The largest absolute Gasteiger partial charge is 0.497 e. The Morgan fingerprint density at radius 3 is 2.53 bits per heavy atom. The predicted octanol–water partition coefficient (Wildman–Crippen LogP) is 3.25. The maximum absolute atomic E-state index is 12.2. The fraction of sp³-hybridized carbons (Fsp3) is 0.562. The van der Waals surface area contributed by atoms with Crippen LogP contribution in [0, 0.1) is 11.8 Å². The van der Waals surface area contributed by atoms with Crippen LogP contribution in [0.4, 0.5) is 0 Å². The molecule has 0 aromatic heterocycles. The molecule has 1 aliphatic carbocycles. The molecule has 3 heteroatoms. The number of hydrogen-bond donors (Lipinski definition) is 1. The van der Waals surface area contributed by atoms with Crippen molar-refractivity contribution in [1.82, 2.24) is 5.32 Å². The molecule has 0 aliphatic heterocycles. The minimum absolute atomic E-state index is 0.0219. The third kappa shape index (κ3) is 3.28. The molecule has 19 heavy (non-hydrogen) atoms. The molecule has 1 amide bonds. The number of ether oxygens (including phenoxy) is 1. The van der Waals surface area contributed by atoms with E-state index >= 15 is 0 Å². The van der Waals surface area contributed by atoms with Crippen LogP contribution in [0.5, 0.6) is 5.75 Å². The van der Waals surface area contributed by atoms with Crippen LogP contribution in [0.3, 0.4) is 0 Å². The van der Waals surface area contributed by atoms with Gasteiger partial charge in [0, 0.05) is 11.6 Å². The zero-order valence-corrected chi connectivity index (χ0v) is 12.0. The molecule has 0 saturated heterocycles. The third-order valence-corrected chi connectivity index (χ3v) is 4.38. The van der Waals surface area contributed by atoms with E-state index in [-0.39, 0.29) is 5.91 Å². The van der Waals surface area contributed by atoms with E-state index in [2.05, 4.69) is 19.2 Å². The number of amides is 1. The van der Waals surface area contributed by atoms with Crippen molar-refractivity contribution in [2.75, 3.05) is 7.11 Å². The Morgan fingerprint density at radius 1 is 1.21 bits per heavy atom. The lowest BCUT2D eigenvalue weighted by atomic mass is 9.78. The molecule has 1 aromatic rings. The second-order valence-electron chi connectivity index (χ2n) is 5.58. The molecule has 0 unspecified atom stereocenters. The standard InChI is InChI=1S/C16H23NO2/c1-11-5-4-6-15(12(11)2)17-16(18)13-7-9-14(19-3)10-8-13/h7-12,15H,4-6H2,1-3H3,(H,17,18)/t11-,12-,15+/m0/s1. The van der Waals surface area contributed by atoms with Gasteiger partial charge in [-0.05, 0) is 42.5 Å². The van der Waals surface area contributed by atoms with E-state index in [9.17, 15) is 4.79 Å². The highest BCUT2D eigenvalue weighted by Gasteiger charge is 2.28. The maximum Gasteiger partial charge on any atom is 0.251 e. The Labute approximate surface area is 115 Å². The highest BCUT2D eigenvalue weighted by molar-refractivity contribution is 5.94. The maximum atomic E-state index is 12.2. The fourth-order valence-electron chi connectivity index (χ4n) is 2.78. The third-order valence-electron chi connectivity index (χ3n) is 4.38. The lowest BCUT2D eigenvalue weighted by Crippen LogP contribution is -2.43. The zero-order chi connectivity index (χ0) is 13.8. The van der Waals surface area contributed by atoms with E-state index in [0.717, 1.165) is 12.2 Å². The number of carbonyl (C=O) groups is 1. The minimum atomic E-state index is 0.0219. The molecule has 0 heterocycles. The molecule has 1 aromatic carbocycles. The van der Waals surface area contributed by atoms with Crippen LogP contribution in [-0.4, -0.2) is 19.1 Å². The van der Waals surface area contributed by atoms with Crippen LogP contribution in [0.2, 0.25) is 0 Å². The van der Waals surface area contributed by atoms with Crippen LogP contribution in [0.15, 0.2) is 24.3 Å². The van der Waals surface area contributed by atoms with Crippen molar-refractivity contribution in [2.24, 2.45) is 11.8 Å². The Bertz CT molecular complexity index is 427. The molecule has 0 spiro atoms. The van der Waals surface area contributed by atoms with E-state index in [1.165, 1.54) is 12.8 Å². The molecule has 0 bridgehead atoms. The van der Waals surface area contributed by atoms with E-state index in [1.807, 2.05) is 24.3 Å². The van der Waals surface area contributed by atoms with E-state index < -0.39 is 0 Å². The molecular weight excluding hydrogens is 238 g/mol. The molecule has 104 valence electrons. The monoisotopic (exact) mass is 261 g/mol. The summed E-state index contributed by atoms with van der Waals surface area (Å²) in [5, 5.41) is 3.17. The molecule has 1 fully saturated rings. The summed E-state index contributed by atoms with van der Waals surface area (Å²) in [6.07, 6.45) is 3.57. The Balaban J connectivity index is 1.99. The van der Waals surface area contributed by atoms with Crippen LogP contribution in [0.25, 0.3) is 0 Å². The molecular formula is C16H23NO2. The molecule has 3 nitrogen and oxygen atoms in total. The number of carbonyl (C=O) groups excluding carboxylic acids is 1. The fourth-order valence-corrected chi connectivity index (χ4v) is 2.78. The Morgan fingerprint density at radius 2 is 1.89 bits per heavy atom. The summed E-state index contributed by atoms with van der Waals surface area (Å²) >= 11 is 0. The lowest BCUT2D eigenvalue weighted by Gasteiger charge is -2.34. The molecule has 1 aliphatic rings. The second kappa shape index (κ2) is 6.09. The van der Waals surface area contributed by atoms with Gasteiger partial charge in [0.05, 0.1) is 7.11 Å². The topological polar surface area (TPSA) is 38.3 Å². The molecule has 1 N–H and O–H groups in total. The average Bonchev–Trinajstić information content (AvgIpc) is 2.44. The van der Waals surface area contributed by atoms with Crippen molar-refractivity contribution in [3.63, 3.8) is 0 Å². The normalized spacial score (nSPS) is 26.8. The van der Waals surface area contributed by atoms with Gasteiger partial charge in [-0.15, -0.1) is 0 Å². The van der Waals surface area contributed by atoms with Gasteiger partial charge in [0.1, 0.15) is 5.75 Å². The Kier molecular flexibility index (Phi) is 4.46. The van der Waals surface area contributed by atoms with Crippen molar-refractivity contribution >= 4 is 5.91 Å². The second-order valence-corrected chi connectivity index (χ2v) is 5.58. The first-order chi connectivity index (χ1) is 9.11. The summed E-state index contributed by atoms with van der Waals surface area (Å²) in [5.74, 6) is 2.04. The van der Waals surface area contributed by atoms with E-state index in [0.29, 0.717) is 23.4 Å². The number of rotatable bonds is 3. The van der Waals surface area contributed by atoms with Crippen molar-refractivity contribution in [1.29, 1.82) is 0 Å². The summed E-state index contributed by atoms with van der Waals surface area (Å²) in [6.45, 7) is 4.51. The van der Waals surface area contributed by atoms with Gasteiger partial charge in [-0.3, -0.25) is 4.79 Å². The molecule has 3 atom stereocenters. The lowest BCUT2D eigenvalue weighted by molar-refractivity contribution is 0.0891. The van der Waals surface area contributed by atoms with Crippen LogP contribution in [0.1, 0.15) is 43.5 Å². The summed E-state index contributed by atoms with van der Waals surface area (Å²) < 4.78 is 5.10. The number of nitrogens with one attached hydrogen (secondary N) is 1. The van der Waals surface area contributed by atoms with Gasteiger partial charge in [0.25, 0.3) is 5.91 Å². The number of methoxy groups -OCH3 is 1. The molecule has 1 saturated carbocycles. The molecule has 2 rings (SSSR count). The summed E-state index contributed by atoms with van der Waals surface area (Å²) in [5.41, 5.74) is 0.700. The SMILES string of the molecule is COc1ccc(C(=O)N[C@@H]2CCC[C@H](C)[C@@H]2C)cc1. The van der Waals surface area contributed by atoms with E-state index in [4.69, 9.17) is 4.74 Å². The van der Waals surface area contributed by atoms with Gasteiger partial charge >= 0.3 is 0 Å². The van der Waals surface area contributed by atoms with E-state index in [1.54, 1.807) is 7.11 Å². The predicted molar refractivity (Wildman–Crippen MR) is 76.4 cm³/mol. The first-order valence-electron chi connectivity index (χ1n) is 7.06. The van der Waals surface area contributed by atoms with Gasteiger partial charge < -0.3 is 10.1 Å². The van der Waals surface area contributed by atoms with Crippen molar-refractivity contribution in [3.8, 4) is 5.75 Å². The quantitative estimate of drug-likeness (QED) is 0.907. The molecule has 0 radical (unpaired) electrons. The van der Waals surface area contributed by atoms with Crippen LogP contribution >= 0.6 is 0 Å². The van der Waals surface area contributed by atoms with Gasteiger partial charge in [-0.2, -0.15) is 0 Å². The minimum Gasteiger partial charge on any atom is -0.497 e. The zero-order valence-electron chi connectivity index (χ0n) is 12.0. The van der Waals surface area contributed by atoms with Crippen molar-refractivity contribution in [3.05, 3.63) is 29.8 Å². The highest BCUT2D eigenvalue weighted by Crippen LogP contribution is 2.29. The number of hydrogen-bond acceptors (Lipinski definition) is 2. The Hall–Kier alpha value is -1.51. The van der Waals surface area contributed by atoms with Gasteiger partial charge in [-0.1, -0.05) is 26.7 Å². The van der Waals surface area contributed by atoms with Crippen LogP contribution in [-0.2, 0) is 0 Å². The van der Waals surface area contributed by atoms with Crippen molar-refractivity contribution < 1.29 is 9.53 Å². The van der Waals surface area contributed by atoms with Gasteiger partial charge in [0.15, 0.2) is 0 Å². The first-order valence-corrected chi connectivity index (χ1v) is 7.06. The number of benzene rings is 1. The highest BCUT2D eigenvalue weighted by atomic mass is 16.5. The first kappa shape index (κ1) is 13.9. The summed E-state index contributed by atoms with van der Waals surface area (Å²) in [4.78, 5) is 12.2. The van der Waals surface area contributed by atoms with Crippen LogP contribution < -0.4 is 10.1 Å². The van der Waals surface area contributed by atoms with Crippen molar-refractivity contribution in [2.45, 2.75) is 39.2 Å². The average molecular weight is 261 g/mol. The summed E-state index contributed by atoms with van der Waals surface area (Å²) in [7, 11) is 1.63. The van der Waals surface area contributed by atoms with Gasteiger partial charge in [0.2, 0.25) is 0 Å². The summed E-state index contributed by atoms with van der Waals surface area (Å²) in [6, 6.07) is 7.57.